The summed E-state index contributed by atoms with van der Waals surface area (Å²) in [5.41, 5.74) is 1.18. The van der Waals surface area contributed by atoms with Gasteiger partial charge in [0, 0.05) is 11.8 Å². The second kappa shape index (κ2) is 4.70. The Hall–Kier alpha value is -1.15. The molecule has 1 atom stereocenters. The van der Waals surface area contributed by atoms with Gasteiger partial charge in [-0.15, -0.1) is 0 Å². The van der Waals surface area contributed by atoms with Gasteiger partial charge in [0.15, 0.2) is 0 Å². The molecule has 1 unspecified atom stereocenters. The van der Waals surface area contributed by atoms with Crippen LogP contribution in [0.5, 0.6) is 0 Å². The number of benzene rings is 1. The fraction of sp³-hybridized carbons (Fsp3) is 0.611. The van der Waals surface area contributed by atoms with Crippen LogP contribution in [-0.2, 0) is 4.79 Å². The minimum Gasteiger partial charge on any atom is -0.237 e. The number of carbonyl (C=O) groups is 1. The number of amides is 1. The van der Waals surface area contributed by atoms with Gasteiger partial charge in [-0.05, 0) is 56.1 Å². The Morgan fingerprint density at radius 1 is 0.950 bits per heavy atom. The second-order valence-corrected chi connectivity index (χ2v) is 7.29. The molecule has 106 valence electrons. The number of quaternary nitrogens is 1. The highest BCUT2D eigenvalue weighted by molar-refractivity contribution is 5.66. The van der Waals surface area contributed by atoms with Crippen LogP contribution in [0.25, 0.3) is 0 Å². The third kappa shape index (κ3) is 1.93. The molecule has 5 rings (SSSR count). The Bertz CT molecular complexity index is 481. The molecule has 20 heavy (non-hydrogen) atoms. The van der Waals surface area contributed by atoms with Crippen molar-refractivity contribution in [3.8, 4) is 0 Å². The number of hydrogen-bond acceptors (Lipinski definition) is 1. The van der Waals surface area contributed by atoms with Crippen molar-refractivity contribution < 1.29 is 9.69 Å². The molecule has 0 heterocycles. The van der Waals surface area contributed by atoms with Crippen LogP contribution >= 0.6 is 0 Å². The van der Waals surface area contributed by atoms with Gasteiger partial charge in [0.25, 0.3) is 0 Å². The molecular formula is C18H24NO+. The zero-order valence-electron chi connectivity index (χ0n) is 12.2. The fourth-order valence-corrected chi connectivity index (χ4v) is 5.64. The zero-order valence-corrected chi connectivity index (χ0v) is 12.2. The highest BCUT2D eigenvalue weighted by Crippen LogP contribution is 2.53. The lowest BCUT2D eigenvalue weighted by Crippen LogP contribution is -3.15. The first-order valence-electron chi connectivity index (χ1n) is 8.15. The maximum absolute atomic E-state index is 12.3. The number of nitrogens with one attached hydrogen (secondary N) is 1. The van der Waals surface area contributed by atoms with Crippen molar-refractivity contribution in [3.05, 3.63) is 30.3 Å². The average molecular weight is 270 g/mol. The van der Waals surface area contributed by atoms with Gasteiger partial charge in [0.2, 0.25) is 0 Å². The minimum atomic E-state index is 0.300. The van der Waals surface area contributed by atoms with E-state index < -0.39 is 0 Å². The first-order valence-corrected chi connectivity index (χ1v) is 8.15. The van der Waals surface area contributed by atoms with E-state index in [4.69, 9.17) is 0 Å². The molecule has 4 aliphatic rings. The quantitative estimate of drug-likeness (QED) is 0.876. The van der Waals surface area contributed by atoms with Crippen LogP contribution in [-0.4, -0.2) is 11.9 Å². The Balaban J connectivity index is 1.69. The fourth-order valence-electron chi connectivity index (χ4n) is 5.64. The van der Waals surface area contributed by atoms with E-state index in [2.05, 4.69) is 24.3 Å². The first kappa shape index (κ1) is 12.6. The Kier molecular flexibility index (Phi) is 2.95. The molecular weight excluding hydrogens is 246 g/mol. The molecule has 0 saturated heterocycles. The van der Waals surface area contributed by atoms with Gasteiger partial charge in [0.05, 0.1) is 6.92 Å². The topological polar surface area (TPSA) is 21.5 Å². The van der Waals surface area contributed by atoms with Crippen molar-refractivity contribution in [1.82, 2.24) is 0 Å². The highest BCUT2D eigenvalue weighted by atomic mass is 16.2. The first-order chi connectivity index (χ1) is 9.72. The van der Waals surface area contributed by atoms with E-state index in [-0.39, 0.29) is 0 Å². The summed E-state index contributed by atoms with van der Waals surface area (Å²) in [6, 6.07) is 11.0. The summed E-state index contributed by atoms with van der Waals surface area (Å²) in [5.74, 6) is 3.81. The Labute approximate surface area is 121 Å². The van der Waals surface area contributed by atoms with E-state index in [9.17, 15) is 4.79 Å². The van der Waals surface area contributed by atoms with Crippen LogP contribution in [0.1, 0.15) is 39.0 Å². The maximum Gasteiger partial charge on any atom is 0.314 e. The molecule has 0 aliphatic heterocycles. The number of hydrogen-bond donors (Lipinski definition) is 1. The standard InChI is InChI=1S/C18H23NO/c1-12(20)19(17-5-3-2-4-6-17)18-15-8-13-7-14(10-15)11-16(18)9-13/h2-6,13-16,18H,7-11H2,1H3/p+1. The normalized spacial score (nSPS) is 39.8. The van der Waals surface area contributed by atoms with Crippen LogP contribution in [0.4, 0.5) is 5.69 Å². The van der Waals surface area contributed by atoms with Crippen molar-refractivity contribution in [2.24, 2.45) is 23.7 Å². The van der Waals surface area contributed by atoms with E-state index >= 15 is 0 Å². The molecule has 1 aromatic rings. The highest BCUT2D eigenvalue weighted by Gasteiger charge is 2.53. The number of carbonyl (C=O) groups excluding carboxylic acids is 1. The smallest absolute Gasteiger partial charge is 0.237 e. The Morgan fingerprint density at radius 3 is 2.00 bits per heavy atom. The largest absolute Gasteiger partial charge is 0.314 e. The molecule has 0 aromatic heterocycles. The van der Waals surface area contributed by atoms with Crippen molar-refractivity contribution in [3.63, 3.8) is 0 Å². The maximum atomic E-state index is 12.3. The van der Waals surface area contributed by atoms with Gasteiger partial charge in [-0.25, -0.2) is 9.69 Å². The number of rotatable bonds is 2. The summed E-state index contributed by atoms with van der Waals surface area (Å²) in [6.45, 7) is 1.77. The minimum absolute atomic E-state index is 0.300. The van der Waals surface area contributed by atoms with Crippen molar-refractivity contribution >= 4 is 11.6 Å². The average Bonchev–Trinajstić information content (AvgIpc) is 2.42. The molecule has 1 aromatic carbocycles. The molecule has 1 amide bonds. The van der Waals surface area contributed by atoms with Gasteiger partial charge in [-0.2, -0.15) is 0 Å². The third-order valence-electron chi connectivity index (χ3n) is 6.02. The van der Waals surface area contributed by atoms with Crippen LogP contribution in [0.15, 0.2) is 30.3 Å². The van der Waals surface area contributed by atoms with Gasteiger partial charge < -0.3 is 0 Å². The van der Waals surface area contributed by atoms with Gasteiger partial charge in [-0.3, -0.25) is 0 Å². The monoisotopic (exact) mass is 270 g/mol. The molecule has 4 aliphatic carbocycles. The molecule has 4 fully saturated rings. The summed E-state index contributed by atoms with van der Waals surface area (Å²) in [6.07, 6.45) is 6.98. The van der Waals surface area contributed by atoms with Gasteiger partial charge in [0.1, 0.15) is 11.7 Å². The predicted octanol–water partition coefficient (Wildman–Crippen LogP) is 2.57. The van der Waals surface area contributed by atoms with Crippen molar-refractivity contribution in [2.45, 2.75) is 45.1 Å². The Morgan fingerprint density at radius 2 is 1.50 bits per heavy atom. The molecule has 0 spiro atoms. The molecule has 2 heteroatoms. The van der Waals surface area contributed by atoms with Gasteiger partial charge in [-0.1, -0.05) is 18.2 Å². The van der Waals surface area contributed by atoms with E-state index in [1.807, 2.05) is 6.07 Å². The van der Waals surface area contributed by atoms with Crippen LogP contribution in [0, 0.1) is 23.7 Å². The van der Waals surface area contributed by atoms with E-state index in [0.717, 1.165) is 28.6 Å². The molecule has 4 saturated carbocycles. The summed E-state index contributed by atoms with van der Waals surface area (Å²) in [5, 5.41) is 0. The van der Waals surface area contributed by atoms with Gasteiger partial charge >= 0.3 is 5.91 Å². The third-order valence-corrected chi connectivity index (χ3v) is 6.02. The summed E-state index contributed by atoms with van der Waals surface area (Å²) < 4.78 is 0. The van der Waals surface area contributed by atoms with E-state index in [1.165, 1.54) is 37.8 Å². The second-order valence-electron chi connectivity index (χ2n) is 7.29. The zero-order chi connectivity index (χ0) is 13.7. The van der Waals surface area contributed by atoms with E-state index in [0.29, 0.717) is 11.9 Å². The lowest BCUT2D eigenvalue weighted by Gasteiger charge is -2.54. The summed E-state index contributed by atoms with van der Waals surface area (Å²) in [7, 11) is 0. The summed E-state index contributed by atoms with van der Waals surface area (Å²) >= 11 is 0. The van der Waals surface area contributed by atoms with Crippen LogP contribution in [0.3, 0.4) is 0 Å². The summed E-state index contributed by atoms with van der Waals surface area (Å²) in [4.78, 5) is 13.5. The van der Waals surface area contributed by atoms with Crippen molar-refractivity contribution in [1.29, 1.82) is 0 Å². The SMILES string of the molecule is CC(=O)[NH+](c1ccccc1)C1C2CC3CC(C2)CC1C3. The predicted molar refractivity (Wildman–Crippen MR) is 78.6 cm³/mol. The van der Waals surface area contributed by atoms with Crippen LogP contribution < -0.4 is 4.90 Å². The molecule has 4 bridgehead atoms. The molecule has 1 N–H and O–H groups in total. The van der Waals surface area contributed by atoms with Crippen LogP contribution in [0.2, 0.25) is 0 Å². The van der Waals surface area contributed by atoms with E-state index in [1.54, 1.807) is 6.92 Å². The molecule has 0 radical (unpaired) electrons. The number of para-hydroxylation sites is 1. The molecule has 2 nitrogen and oxygen atoms in total. The van der Waals surface area contributed by atoms with Crippen molar-refractivity contribution in [2.75, 3.05) is 0 Å². The lowest BCUT2D eigenvalue weighted by molar-refractivity contribution is -0.795. The lowest BCUT2D eigenvalue weighted by atomic mass is 9.54.